The summed E-state index contributed by atoms with van der Waals surface area (Å²) < 4.78 is 27.6. The van der Waals surface area contributed by atoms with Crippen LogP contribution in [0, 0.1) is 0 Å². The fourth-order valence-corrected chi connectivity index (χ4v) is 3.66. The monoisotopic (exact) mass is 413 g/mol. The Hall–Kier alpha value is -0.460. The second kappa shape index (κ2) is 6.12. The first-order valence-corrected chi connectivity index (χ1v) is 8.63. The second-order valence-corrected chi connectivity index (χ2v) is 7.63. The topological polar surface area (TPSA) is 46.2 Å². The van der Waals surface area contributed by atoms with Crippen molar-refractivity contribution >= 4 is 66.4 Å². The Kier molecular flexibility index (Phi) is 4.87. The van der Waals surface area contributed by atoms with E-state index in [0.29, 0.717) is 0 Å². The summed E-state index contributed by atoms with van der Waals surface area (Å²) in [6.45, 7) is 0. The molecule has 0 aliphatic carbocycles. The first kappa shape index (κ1) is 15.9. The van der Waals surface area contributed by atoms with Crippen molar-refractivity contribution in [2.24, 2.45) is 0 Å². The van der Waals surface area contributed by atoms with Gasteiger partial charge in [0.15, 0.2) is 0 Å². The summed E-state index contributed by atoms with van der Waals surface area (Å²) in [5.74, 6) is 0. The molecule has 0 radical (unpaired) electrons. The third kappa shape index (κ3) is 3.59. The molecule has 20 heavy (non-hydrogen) atoms. The predicted molar refractivity (Wildman–Crippen MR) is 86.4 cm³/mol. The molecule has 3 nitrogen and oxygen atoms in total. The van der Waals surface area contributed by atoms with Gasteiger partial charge in [-0.05, 0) is 36.4 Å². The van der Waals surface area contributed by atoms with Crippen LogP contribution in [0.15, 0.2) is 45.8 Å². The predicted octanol–water partition coefficient (Wildman–Crippen LogP) is 5.21. The van der Waals surface area contributed by atoms with Crippen LogP contribution in [0.5, 0.6) is 0 Å². The lowest BCUT2D eigenvalue weighted by atomic mass is 10.3. The molecule has 2 aromatic rings. The van der Waals surface area contributed by atoms with Gasteiger partial charge in [-0.1, -0.05) is 50.7 Å². The lowest BCUT2D eigenvalue weighted by Gasteiger charge is -2.10. The largest absolute Gasteiger partial charge is 0.278 e. The van der Waals surface area contributed by atoms with E-state index in [1.165, 1.54) is 18.2 Å². The minimum atomic E-state index is -3.78. The Balaban J connectivity index is 2.38. The molecule has 0 saturated carbocycles. The van der Waals surface area contributed by atoms with E-state index in [2.05, 4.69) is 20.7 Å². The van der Waals surface area contributed by atoms with Crippen LogP contribution in [0.1, 0.15) is 0 Å². The van der Waals surface area contributed by atoms with Crippen molar-refractivity contribution in [2.75, 3.05) is 4.72 Å². The van der Waals surface area contributed by atoms with Gasteiger partial charge in [0.25, 0.3) is 10.0 Å². The molecule has 8 heteroatoms. The van der Waals surface area contributed by atoms with Crippen molar-refractivity contribution in [3.8, 4) is 0 Å². The second-order valence-electron chi connectivity index (χ2n) is 3.81. The molecule has 2 rings (SSSR count). The number of benzene rings is 2. The van der Waals surface area contributed by atoms with Gasteiger partial charge in [-0.25, -0.2) is 8.42 Å². The highest BCUT2D eigenvalue weighted by Gasteiger charge is 2.17. The number of hydrogen-bond acceptors (Lipinski definition) is 2. The maximum atomic E-state index is 12.2. The molecule has 0 fully saturated rings. The fourth-order valence-electron chi connectivity index (χ4n) is 1.42. The Labute approximate surface area is 140 Å². The quantitative estimate of drug-likeness (QED) is 0.748. The van der Waals surface area contributed by atoms with Gasteiger partial charge in [0, 0.05) is 4.47 Å². The van der Waals surface area contributed by atoms with Crippen LogP contribution >= 0.6 is 50.7 Å². The van der Waals surface area contributed by atoms with Crippen molar-refractivity contribution in [3.05, 3.63) is 55.9 Å². The van der Waals surface area contributed by atoms with Crippen LogP contribution in [-0.4, -0.2) is 8.42 Å². The number of hydrogen-bond donors (Lipinski definition) is 1. The Morgan fingerprint density at radius 3 is 2.20 bits per heavy atom. The lowest BCUT2D eigenvalue weighted by Crippen LogP contribution is -2.13. The SMILES string of the molecule is O=S(=O)(Nc1ccc(Br)cc1Cl)c1ccc(Cl)c(Cl)c1. The van der Waals surface area contributed by atoms with E-state index in [4.69, 9.17) is 34.8 Å². The zero-order chi connectivity index (χ0) is 14.9. The van der Waals surface area contributed by atoms with Crippen molar-refractivity contribution in [1.29, 1.82) is 0 Å². The average Bonchev–Trinajstić information content (AvgIpc) is 2.36. The van der Waals surface area contributed by atoms with Gasteiger partial charge in [0.1, 0.15) is 0 Å². The molecular formula is C12H7BrCl3NO2S. The number of sulfonamides is 1. The van der Waals surface area contributed by atoms with Crippen LogP contribution in [0.2, 0.25) is 15.1 Å². The highest BCUT2D eigenvalue weighted by molar-refractivity contribution is 9.10. The van der Waals surface area contributed by atoms with Crippen molar-refractivity contribution in [2.45, 2.75) is 4.90 Å². The summed E-state index contributed by atoms with van der Waals surface area (Å²) in [5.41, 5.74) is 0.279. The van der Waals surface area contributed by atoms with Crippen LogP contribution in [0.4, 0.5) is 5.69 Å². The standard InChI is InChI=1S/C12H7BrCl3NO2S/c13-7-1-4-12(11(16)5-7)17-20(18,19)8-2-3-9(14)10(15)6-8/h1-6,17H. The Morgan fingerprint density at radius 1 is 0.900 bits per heavy atom. The number of halogens is 4. The van der Waals surface area contributed by atoms with Gasteiger partial charge >= 0.3 is 0 Å². The van der Waals surface area contributed by atoms with E-state index in [-0.39, 0.29) is 25.7 Å². The number of nitrogens with one attached hydrogen (secondary N) is 1. The van der Waals surface area contributed by atoms with Gasteiger partial charge in [0.05, 0.1) is 25.7 Å². The maximum absolute atomic E-state index is 12.2. The molecule has 0 heterocycles. The number of rotatable bonds is 3. The summed E-state index contributed by atoms with van der Waals surface area (Å²) in [6.07, 6.45) is 0. The first-order chi connectivity index (χ1) is 9.29. The molecule has 0 amide bonds. The fraction of sp³-hybridized carbons (Fsp3) is 0. The molecule has 0 aromatic heterocycles. The lowest BCUT2D eigenvalue weighted by molar-refractivity contribution is 0.601. The molecule has 1 N–H and O–H groups in total. The highest BCUT2D eigenvalue weighted by atomic mass is 79.9. The summed E-state index contributed by atoms with van der Waals surface area (Å²) in [7, 11) is -3.78. The molecule has 0 atom stereocenters. The van der Waals surface area contributed by atoms with Crippen molar-refractivity contribution < 1.29 is 8.42 Å². The van der Waals surface area contributed by atoms with Gasteiger partial charge in [-0.15, -0.1) is 0 Å². The molecule has 0 aliphatic heterocycles. The van der Waals surface area contributed by atoms with E-state index < -0.39 is 10.0 Å². The van der Waals surface area contributed by atoms with Crippen LogP contribution < -0.4 is 4.72 Å². The Morgan fingerprint density at radius 2 is 1.60 bits per heavy atom. The smallest absolute Gasteiger partial charge is 0.261 e. The summed E-state index contributed by atoms with van der Waals surface area (Å²) in [6, 6.07) is 8.89. The van der Waals surface area contributed by atoms with Crippen LogP contribution in [0.3, 0.4) is 0 Å². The molecule has 0 spiro atoms. The van der Waals surface area contributed by atoms with E-state index in [1.807, 2.05) is 0 Å². The van der Waals surface area contributed by atoms with Gasteiger partial charge in [-0.2, -0.15) is 0 Å². The normalized spacial score (nSPS) is 11.4. The maximum Gasteiger partial charge on any atom is 0.261 e. The van der Waals surface area contributed by atoms with E-state index in [1.54, 1.807) is 18.2 Å². The highest BCUT2D eigenvalue weighted by Crippen LogP contribution is 2.29. The van der Waals surface area contributed by atoms with Crippen LogP contribution in [-0.2, 0) is 10.0 Å². The van der Waals surface area contributed by atoms with Crippen molar-refractivity contribution in [3.63, 3.8) is 0 Å². The van der Waals surface area contributed by atoms with Crippen molar-refractivity contribution in [1.82, 2.24) is 0 Å². The summed E-state index contributed by atoms with van der Waals surface area (Å²) in [5, 5.41) is 0.728. The van der Waals surface area contributed by atoms with Gasteiger partial charge in [-0.3, -0.25) is 4.72 Å². The molecule has 2 aromatic carbocycles. The molecule has 0 aliphatic rings. The molecule has 106 valence electrons. The molecule has 0 bridgehead atoms. The molecule has 0 unspecified atom stereocenters. The van der Waals surface area contributed by atoms with Gasteiger partial charge < -0.3 is 0 Å². The van der Waals surface area contributed by atoms with E-state index in [0.717, 1.165) is 4.47 Å². The van der Waals surface area contributed by atoms with E-state index in [9.17, 15) is 8.42 Å². The molecule has 0 saturated heterocycles. The van der Waals surface area contributed by atoms with E-state index >= 15 is 0 Å². The first-order valence-electron chi connectivity index (χ1n) is 5.22. The minimum Gasteiger partial charge on any atom is -0.278 e. The third-order valence-corrected chi connectivity index (χ3v) is 5.28. The summed E-state index contributed by atoms with van der Waals surface area (Å²) in [4.78, 5) is 0.00545. The summed E-state index contributed by atoms with van der Waals surface area (Å²) >= 11 is 20.8. The zero-order valence-electron chi connectivity index (χ0n) is 9.70. The number of anilines is 1. The zero-order valence-corrected chi connectivity index (χ0v) is 14.4. The average molecular weight is 416 g/mol. The molecular weight excluding hydrogens is 408 g/mol. The van der Waals surface area contributed by atoms with Crippen LogP contribution in [0.25, 0.3) is 0 Å². The third-order valence-electron chi connectivity index (χ3n) is 2.38. The van der Waals surface area contributed by atoms with Gasteiger partial charge in [0.2, 0.25) is 0 Å². The minimum absolute atomic E-state index is 0.00545. The Bertz CT molecular complexity index is 765.